The van der Waals surface area contributed by atoms with Crippen LogP contribution in [-0.2, 0) is 6.42 Å². The fraction of sp³-hybridized carbons (Fsp3) is 0.571. The summed E-state index contributed by atoms with van der Waals surface area (Å²) < 4.78 is 19.0. The van der Waals surface area contributed by atoms with Crippen LogP contribution >= 0.6 is 0 Å². The zero-order valence-corrected chi connectivity index (χ0v) is 10.3. The zero-order valence-electron chi connectivity index (χ0n) is 10.3. The molecular weight excluding hydrogens is 217 g/mol. The van der Waals surface area contributed by atoms with Gasteiger partial charge in [0.15, 0.2) is 11.6 Å². The standard InChI is InChI=1S/C14H20FNO/c1-17-13-8-5-6-11(14(13)15)10-12-7-3-2-4-9-16-12/h5-6,8,12,16H,2-4,7,9-10H2,1H3. The van der Waals surface area contributed by atoms with Crippen LogP contribution in [0.5, 0.6) is 5.75 Å². The van der Waals surface area contributed by atoms with Gasteiger partial charge in [-0.3, -0.25) is 0 Å². The summed E-state index contributed by atoms with van der Waals surface area (Å²) >= 11 is 0. The van der Waals surface area contributed by atoms with Crippen molar-refractivity contribution in [3.05, 3.63) is 29.6 Å². The van der Waals surface area contributed by atoms with E-state index in [0.717, 1.165) is 24.9 Å². The number of rotatable bonds is 3. The molecule has 1 heterocycles. The Morgan fingerprint density at radius 2 is 2.24 bits per heavy atom. The Kier molecular flexibility index (Phi) is 4.37. The molecule has 1 aliphatic heterocycles. The summed E-state index contributed by atoms with van der Waals surface area (Å²) in [6, 6.07) is 5.77. The average molecular weight is 237 g/mol. The minimum atomic E-state index is -0.207. The van der Waals surface area contributed by atoms with Crippen molar-refractivity contribution in [3.63, 3.8) is 0 Å². The van der Waals surface area contributed by atoms with Crippen LogP contribution in [0.2, 0.25) is 0 Å². The number of hydrogen-bond acceptors (Lipinski definition) is 2. The fourth-order valence-corrected chi connectivity index (χ4v) is 2.41. The molecule has 0 saturated carbocycles. The van der Waals surface area contributed by atoms with Crippen molar-refractivity contribution in [2.45, 2.75) is 38.1 Å². The highest BCUT2D eigenvalue weighted by Gasteiger charge is 2.15. The van der Waals surface area contributed by atoms with E-state index in [4.69, 9.17) is 4.74 Å². The van der Waals surface area contributed by atoms with Gasteiger partial charge >= 0.3 is 0 Å². The van der Waals surface area contributed by atoms with Gasteiger partial charge in [0.05, 0.1) is 7.11 Å². The van der Waals surface area contributed by atoms with Gasteiger partial charge in [0, 0.05) is 6.04 Å². The van der Waals surface area contributed by atoms with Crippen LogP contribution in [0.3, 0.4) is 0 Å². The summed E-state index contributed by atoms with van der Waals surface area (Å²) in [5.41, 5.74) is 0.753. The maximum atomic E-state index is 14.0. The largest absolute Gasteiger partial charge is 0.494 e. The number of ether oxygens (including phenoxy) is 1. The van der Waals surface area contributed by atoms with Crippen molar-refractivity contribution in [1.82, 2.24) is 5.32 Å². The van der Waals surface area contributed by atoms with Crippen LogP contribution in [0.15, 0.2) is 18.2 Å². The fourth-order valence-electron chi connectivity index (χ4n) is 2.41. The van der Waals surface area contributed by atoms with E-state index in [1.54, 1.807) is 6.07 Å². The lowest BCUT2D eigenvalue weighted by Crippen LogP contribution is -2.30. The molecule has 94 valence electrons. The summed E-state index contributed by atoms with van der Waals surface area (Å²) in [6.07, 6.45) is 5.64. The first-order valence-electron chi connectivity index (χ1n) is 6.36. The predicted octanol–water partition coefficient (Wildman–Crippen LogP) is 2.91. The average Bonchev–Trinajstić information content (AvgIpc) is 2.60. The van der Waals surface area contributed by atoms with Gasteiger partial charge in [-0.1, -0.05) is 25.0 Å². The van der Waals surface area contributed by atoms with Gasteiger partial charge < -0.3 is 10.1 Å². The van der Waals surface area contributed by atoms with Gasteiger partial charge in [-0.05, 0) is 37.4 Å². The minimum absolute atomic E-state index is 0.207. The first kappa shape index (κ1) is 12.4. The van der Waals surface area contributed by atoms with Gasteiger partial charge in [0.1, 0.15) is 0 Å². The van der Waals surface area contributed by atoms with E-state index < -0.39 is 0 Å². The summed E-state index contributed by atoms with van der Waals surface area (Å²) in [5, 5.41) is 3.49. The minimum Gasteiger partial charge on any atom is -0.494 e. The van der Waals surface area contributed by atoms with Crippen molar-refractivity contribution < 1.29 is 9.13 Å². The second-order valence-electron chi connectivity index (χ2n) is 4.64. The Labute approximate surface area is 102 Å². The summed E-state index contributed by atoms with van der Waals surface area (Å²) in [6.45, 7) is 1.05. The maximum absolute atomic E-state index is 14.0. The van der Waals surface area contributed by atoms with Crippen LogP contribution in [0.25, 0.3) is 0 Å². The predicted molar refractivity (Wildman–Crippen MR) is 66.9 cm³/mol. The third-order valence-corrected chi connectivity index (χ3v) is 3.39. The molecule has 0 spiro atoms. The van der Waals surface area contributed by atoms with E-state index in [9.17, 15) is 4.39 Å². The Morgan fingerprint density at radius 1 is 1.35 bits per heavy atom. The van der Waals surface area contributed by atoms with E-state index in [0.29, 0.717) is 11.8 Å². The van der Waals surface area contributed by atoms with Crippen LogP contribution in [0, 0.1) is 5.82 Å². The molecule has 1 aromatic rings. The van der Waals surface area contributed by atoms with E-state index in [-0.39, 0.29) is 5.82 Å². The van der Waals surface area contributed by atoms with Crippen molar-refractivity contribution in [3.8, 4) is 5.75 Å². The van der Waals surface area contributed by atoms with E-state index >= 15 is 0 Å². The SMILES string of the molecule is COc1cccc(CC2CCCCCN2)c1F. The maximum Gasteiger partial charge on any atom is 0.168 e. The van der Waals surface area contributed by atoms with E-state index in [2.05, 4.69) is 5.32 Å². The van der Waals surface area contributed by atoms with Gasteiger partial charge in [-0.25, -0.2) is 4.39 Å². The van der Waals surface area contributed by atoms with E-state index in [1.165, 1.54) is 26.4 Å². The van der Waals surface area contributed by atoms with Crippen molar-refractivity contribution in [2.24, 2.45) is 0 Å². The lowest BCUT2D eigenvalue weighted by Gasteiger charge is -2.16. The monoisotopic (exact) mass is 237 g/mol. The number of hydrogen-bond donors (Lipinski definition) is 1. The van der Waals surface area contributed by atoms with E-state index in [1.807, 2.05) is 12.1 Å². The van der Waals surface area contributed by atoms with Crippen molar-refractivity contribution >= 4 is 0 Å². The molecule has 2 nitrogen and oxygen atoms in total. The lowest BCUT2D eigenvalue weighted by atomic mass is 10.0. The second kappa shape index (κ2) is 6.01. The highest BCUT2D eigenvalue weighted by molar-refractivity contribution is 5.31. The first-order valence-corrected chi connectivity index (χ1v) is 6.36. The Morgan fingerprint density at radius 3 is 3.06 bits per heavy atom. The number of benzene rings is 1. The molecule has 1 unspecified atom stereocenters. The van der Waals surface area contributed by atoms with Crippen molar-refractivity contribution in [2.75, 3.05) is 13.7 Å². The molecular formula is C14H20FNO. The van der Waals surface area contributed by atoms with Crippen LogP contribution in [0.4, 0.5) is 4.39 Å². The summed E-state index contributed by atoms with van der Waals surface area (Å²) in [7, 11) is 1.51. The molecule has 0 bridgehead atoms. The molecule has 1 fully saturated rings. The number of halogens is 1. The molecule has 3 heteroatoms. The Balaban J connectivity index is 2.06. The quantitative estimate of drug-likeness (QED) is 0.872. The van der Waals surface area contributed by atoms with Crippen LogP contribution < -0.4 is 10.1 Å². The lowest BCUT2D eigenvalue weighted by molar-refractivity contribution is 0.382. The topological polar surface area (TPSA) is 21.3 Å². The molecule has 1 atom stereocenters. The van der Waals surface area contributed by atoms with Crippen LogP contribution in [-0.4, -0.2) is 19.7 Å². The molecule has 0 aromatic heterocycles. The smallest absolute Gasteiger partial charge is 0.168 e. The number of nitrogens with one attached hydrogen (secondary N) is 1. The molecule has 1 aliphatic rings. The Bertz CT molecular complexity index is 359. The van der Waals surface area contributed by atoms with Crippen LogP contribution in [0.1, 0.15) is 31.2 Å². The first-order chi connectivity index (χ1) is 8.31. The normalized spacial score (nSPS) is 20.9. The molecule has 2 rings (SSSR count). The molecule has 1 N–H and O–H groups in total. The summed E-state index contributed by atoms with van der Waals surface area (Å²) in [4.78, 5) is 0. The molecule has 0 amide bonds. The molecule has 0 radical (unpaired) electrons. The highest BCUT2D eigenvalue weighted by atomic mass is 19.1. The van der Waals surface area contributed by atoms with Gasteiger partial charge in [-0.2, -0.15) is 0 Å². The Hall–Kier alpha value is -1.09. The van der Waals surface area contributed by atoms with Gasteiger partial charge in [0.25, 0.3) is 0 Å². The highest BCUT2D eigenvalue weighted by Crippen LogP contribution is 2.22. The summed E-state index contributed by atoms with van der Waals surface area (Å²) in [5.74, 6) is 0.136. The number of methoxy groups -OCH3 is 1. The third kappa shape index (κ3) is 3.19. The van der Waals surface area contributed by atoms with Gasteiger partial charge in [0.2, 0.25) is 0 Å². The third-order valence-electron chi connectivity index (χ3n) is 3.39. The molecule has 0 aliphatic carbocycles. The molecule has 17 heavy (non-hydrogen) atoms. The second-order valence-corrected chi connectivity index (χ2v) is 4.64. The molecule has 1 saturated heterocycles. The molecule has 1 aromatic carbocycles. The zero-order chi connectivity index (χ0) is 12.1. The van der Waals surface area contributed by atoms with Crippen molar-refractivity contribution in [1.29, 1.82) is 0 Å². The van der Waals surface area contributed by atoms with Gasteiger partial charge in [-0.15, -0.1) is 0 Å².